The summed E-state index contributed by atoms with van der Waals surface area (Å²) in [5.74, 6) is 0.695. The molecule has 2 aromatic rings. The molecule has 0 aromatic heterocycles. The van der Waals surface area contributed by atoms with E-state index >= 15 is 0 Å². The van der Waals surface area contributed by atoms with Gasteiger partial charge in [0, 0.05) is 0 Å². The van der Waals surface area contributed by atoms with Crippen LogP contribution in [-0.4, -0.2) is 7.11 Å². The van der Waals surface area contributed by atoms with Crippen LogP contribution in [0.1, 0.15) is 28.2 Å². The number of fused-ring (bicyclic) bond motifs is 2. The third-order valence-electron chi connectivity index (χ3n) is 3.82. The first-order valence-electron chi connectivity index (χ1n) is 6.47. The molecule has 0 heterocycles. The molecule has 2 heteroatoms. The maximum absolute atomic E-state index is 9.55. The van der Waals surface area contributed by atoms with Gasteiger partial charge in [0.1, 0.15) is 5.75 Å². The molecule has 0 saturated heterocycles. The van der Waals surface area contributed by atoms with E-state index in [1.54, 1.807) is 7.11 Å². The van der Waals surface area contributed by atoms with Crippen LogP contribution < -0.4 is 4.74 Å². The monoisotopic (exact) mass is 249 g/mol. The first-order valence-corrected chi connectivity index (χ1v) is 6.47. The van der Waals surface area contributed by atoms with E-state index in [1.807, 2.05) is 24.3 Å². The molecule has 0 N–H and O–H groups in total. The van der Waals surface area contributed by atoms with E-state index in [9.17, 15) is 5.26 Å². The molecule has 1 atom stereocenters. The van der Waals surface area contributed by atoms with Gasteiger partial charge in [-0.1, -0.05) is 30.3 Å². The minimum atomic E-state index is -0.167. The topological polar surface area (TPSA) is 33.0 Å². The SMILES string of the molecule is COc1ccc2c(c1)CCc1ccccc1[C@@H]2C#N. The van der Waals surface area contributed by atoms with Crippen molar-refractivity contribution in [2.24, 2.45) is 0 Å². The van der Waals surface area contributed by atoms with Gasteiger partial charge in [0.2, 0.25) is 0 Å². The Morgan fingerprint density at radius 3 is 2.58 bits per heavy atom. The number of nitriles is 1. The van der Waals surface area contributed by atoms with Gasteiger partial charge in [-0.05, 0) is 47.2 Å². The Hall–Kier alpha value is -2.27. The molecule has 0 fully saturated rings. The lowest BCUT2D eigenvalue weighted by Gasteiger charge is -2.13. The van der Waals surface area contributed by atoms with Crippen molar-refractivity contribution < 1.29 is 4.74 Å². The highest BCUT2D eigenvalue weighted by Crippen LogP contribution is 2.35. The van der Waals surface area contributed by atoms with Gasteiger partial charge in [0.25, 0.3) is 0 Å². The third kappa shape index (κ3) is 1.98. The lowest BCUT2D eigenvalue weighted by molar-refractivity contribution is 0.414. The van der Waals surface area contributed by atoms with Crippen LogP contribution in [0.15, 0.2) is 42.5 Å². The van der Waals surface area contributed by atoms with Crippen LogP contribution in [0, 0.1) is 11.3 Å². The van der Waals surface area contributed by atoms with Crippen molar-refractivity contribution in [2.45, 2.75) is 18.8 Å². The highest BCUT2D eigenvalue weighted by Gasteiger charge is 2.23. The Morgan fingerprint density at radius 1 is 1.05 bits per heavy atom. The van der Waals surface area contributed by atoms with Crippen molar-refractivity contribution in [1.82, 2.24) is 0 Å². The summed E-state index contributed by atoms with van der Waals surface area (Å²) in [5.41, 5.74) is 4.77. The summed E-state index contributed by atoms with van der Waals surface area (Å²) in [6, 6.07) is 16.7. The largest absolute Gasteiger partial charge is 0.497 e. The standard InChI is InChI=1S/C17H15NO/c1-19-14-8-9-16-13(10-14)7-6-12-4-2-3-5-15(12)17(16)11-18/h2-5,8-10,17H,6-7H2,1H3/t17-/m0/s1. The second-order valence-electron chi connectivity index (χ2n) is 4.83. The molecule has 0 unspecified atom stereocenters. The summed E-state index contributed by atoms with van der Waals surface area (Å²) in [4.78, 5) is 0. The first kappa shape index (κ1) is 11.8. The van der Waals surface area contributed by atoms with Crippen molar-refractivity contribution in [1.29, 1.82) is 5.26 Å². The summed E-state index contributed by atoms with van der Waals surface area (Å²) >= 11 is 0. The number of hydrogen-bond donors (Lipinski definition) is 0. The molecule has 0 spiro atoms. The van der Waals surface area contributed by atoms with Crippen molar-refractivity contribution in [3.63, 3.8) is 0 Å². The molecule has 1 aliphatic rings. The number of nitrogens with zero attached hydrogens (tertiary/aromatic N) is 1. The quantitative estimate of drug-likeness (QED) is 0.775. The van der Waals surface area contributed by atoms with E-state index in [1.165, 1.54) is 11.1 Å². The normalized spacial score (nSPS) is 16.7. The molecular formula is C17H15NO. The summed E-state index contributed by atoms with van der Waals surface area (Å²) < 4.78 is 5.28. The summed E-state index contributed by atoms with van der Waals surface area (Å²) in [6.07, 6.45) is 1.94. The number of rotatable bonds is 1. The molecule has 0 aliphatic heterocycles. The molecule has 0 bridgehead atoms. The number of hydrogen-bond acceptors (Lipinski definition) is 2. The number of aryl methyl sites for hydroxylation is 2. The zero-order chi connectivity index (χ0) is 13.2. The highest BCUT2D eigenvalue weighted by atomic mass is 16.5. The Morgan fingerprint density at radius 2 is 1.79 bits per heavy atom. The van der Waals surface area contributed by atoms with Gasteiger partial charge < -0.3 is 4.74 Å². The van der Waals surface area contributed by atoms with Gasteiger partial charge in [0.15, 0.2) is 0 Å². The maximum atomic E-state index is 9.55. The molecule has 3 rings (SSSR count). The smallest absolute Gasteiger partial charge is 0.119 e. The minimum Gasteiger partial charge on any atom is -0.497 e. The van der Waals surface area contributed by atoms with Crippen LogP contribution in [0.4, 0.5) is 0 Å². The molecule has 94 valence electrons. The average Bonchev–Trinajstić information content (AvgIpc) is 2.63. The molecular weight excluding hydrogens is 234 g/mol. The number of methoxy groups -OCH3 is 1. The molecule has 0 radical (unpaired) electrons. The van der Waals surface area contributed by atoms with Crippen LogP contribution in [0.3, 0.4) is 0 Å². The summed E-state index contributed by atoms with van der Waals surface area (Å²) in [6.45, 7) is 0. The van der Waals surface area contributed by atoms with E-state index in [4.69, 9.17) is 4.74 Å². The van der Waals surface area contributed by atoms with E-state index in [-0.39, 0.29) is 5.92 Å². The van der Waals surface area contributed by atoms with Gasteiger partial charge in [-0.25, -0.2) is 0 Å². The molecule has 2 nitrogen and oxygen atoms in total. The zero-order valence-electron chi connectivity index (χ0n) is 10.9. The van der Waals surface area contributed by atoms with Crippen LogP contribution >= 0.6 is 0 Å². The lowest BCUT2D eigenvalue weighted by atomic mass is 9.89. The molecule has 1 aliphatic carbocycles. The first-order chi connectivity index (χ1) is 9.33. The van der Waals surface area contributed by atoms with Crippen LogP contribution in [-0.2, 0) is 12.8 Å². The van der Waals surface area contributed by atoms with Gasteiger partial charge in [-0.2, -0.15) is 5.26 Å². The fourth-order valence-corrected chi connectivity index (χ4v) is 2.83. The Balaban J connectivity index is 2.17. The van der Waals surface area contributed by atoms with Gasteiger partial charge in [0.05, 0.1) is 19.1 Å². The lowest BCUT2D eigenvalue weighted by Crippen LogP contribution is -2.01. The van der Waals surface area contributed by atoms with E-state index in [0.29, 0.717) is 0 Å². The van der Waals surface area contributed by atoms with Gasteiger partial charge in [-0.15, -0.1) is 0 Å². The Bertz CT molecular complexity index is 655. The van der Waals surface area contributed by atoms with E-state index in [0.717, 1.165) is 29.7 Å². The van der Waals surface area contributed by atoms with E-state index < -0.39 is 0 Å². The third-order valence-corrected chi connectivity index (χ3v) is 3.82. The van der Waals surface area contributed by atoms with Crippen molar-refractivity contribution in [2.75, 3.05) is 7.11 Å². The maximum Gasteiger partial charge on any atom is 0.119 e. The fourth-order valence-electron chi connectivity index (χ4n) is 2.83. The Kier molecular flexibility index (Phi) is 2.97. The van der Waals surface area contributed by atoms with Crippen molar-refractivity contribution in [3.8, 4) is 11.8 Å². The second-order valence-corrected chi connectivity index (χ2v) is 4.83. The molecule has 0 saturated carbocycles. The number of benzene rings is 2. The molecule has 19 heavy (non-hydrogen) atoms. The summed E-state index contributed by atoms with van der Waals surface area (Å²) in [7, 11) is 1.68. The van der Waals surface area contributed by atoms with Gasteiger partial charge >= 0.3 is 0 Å². The van der Waals surface area contributed by atoms with Crippen LogP contribution in [0.5, 0.6) is 5.75 Å². The summed E-state index contributed by atoms with van der Waals surface area (Å²) in [5, 5.41) is 9.55. The van der Waals surface area contributed by atoms with Gasteiger partial charge in [-0.3, -0.25) is 0 Å². The number of ether oxygens (including phenoxy) is 1. The van der Waals surface area contributed by atoms with Crippen LogP contribution in [0.25, 0.3) is 0 Å². The van der Waals surface area contributed by atoms with Crippen LogP contribution in [0.2, 0.25) is 0 Å². The molecule has 0 amide bonds. The zero-order valence-corrected chi connectivity index (χ0v) is 10.9. The molecule has 2 aromatic carbocycles. The predicted octanol–water partition coefficient (Wildman–Crippen LogP) is 3.45. The minimum absolute atomic E-state index is 0.167. The average molecular weight is 249 g/mol. The highest BCUT2D eigenvalue weighted by molar-refractivity contribution is 5.50. The van der Waals surface area contributed by atoms with E-state index in [2.05, 4.69) is 24.3 Å². The van der Waals surface area contributed by atoms with Crippen molar-refractivity contribution >= 4 is 0 Å². The fraction of sp³-hybridized carbons (Fsp3) is 0.235. The predicted molar refractivity (Wildman–Crippen MR) is 74.3 cm³/mol. The Labute approximate surface area is 113 Å². The second kappa shape index (κ2) is 4.78. The van der Waals surface area contributed by atoms with Crippen molar-refractivity contribution in [3.05, 3.63) is 64.7 Å².